The van der Waals surface area contributed by atoms with E-state index >= 15 is 0 Å². The molecule has 1 amide bonds. The fraction of sp³-hybridized carbons (Fsp3) is 0.545. The quantitative estimate of drug-likeness (QED) is 0.686. The number of carbonyl (C=O) groups excluding carboxylic acids is 2. The molecule has 0 radical (unpaired) electrons. The summed E-state index contributed by atoms with van der Waals surface area (Å²) in [6.07, 6.45) is 2.30. The minimum absolute atomic E-state index is 0.0274. The van der Waals surface area contributed by atoms with E-state index in [9.17, 15) is 14.7 Å². The number of piperidine rings is 1. The maximum absolute atomic E-state index is 13.8. The van der Waals surface area contributed by atoms with Crippen molar-refractivity contribution >= 4 is 17.4 Å². The van der Waals surface area contributed by atoms with Gasteiger partial charge >= 0.3 is 0 Å². The van der Waals surface area contributed by atoms with E-state index in [4.69, 9.17) is 4.74 Å². The SMILES string of the molecule is CN1CC2=CCOC3CC(=O)N4c5ccccc5C5(CC1O)C(=O)CC2C3C45. The molecule has 3 saturated heterocycles. The van der Waals surface area contributed by atoms with Gasteiger partial charge in [0.15, 0.2) is 0 Å². The van der Waals surface area contributed by atoms with Gasteiger partial charge in [0.2, 0.25) is 5.91 Å². The Hall–Kier alpha value is -2.02. The summed E-state index contributed by atoms with van der Waals surface area (Å²) in [4.78, 5) is 30.8. The zero-order valence-corrected chi connectivity index (χ0v) is 15.9. The van der Waals surface area contributed by atoms with Gasteiger partial charge in [0, 0.05) is 31.0 Å². The summed E-state index contributed by atoms with van der Waals surface area (Å²) in [6.45, 7) is 1.09. The molecule has 1 saturated carbocycles. The van der Waals surface area contributed by atoms with E-state index in [0.717, 1.165) is 11.3 Å². The van der Waals surface area contributed by atoms with Crippen LogP contribution in [-0.4, -0.2) is 60.3 Å². The van der Waals surface area contributed by atoms with E-state index in [1.165, 1.54) is 5.57 Å². The number of aliphatic hydroxyl groups excluding tert-OH is 1. The van der Waals surface area contributed by atoms with Crippen molar-refractivity contribution in [3.05, 3.63) is 41.5 Å². The fourth-order valence-electron chi connectivity index (χ4n) is 6.64. The molecule has 6 aliphatic rings. The van der Waals surface area contributed by atoms with Crippen LogP contribution in [-0.2, 0) is 19.7 Å². The van der Waals surface area contributed by atoms with Crippen LogP contribution < -0.4 is 4.90 Å². The summed E-state index contributed by atoms with van der Waals surface area (Å²) in [5.74, 6) is 0.329. The average molecular weight is 380 g/mol. The van der Waals surface area contributed by atoms with Crippen LogP contribution in [0.1, 0.15) is 24.8 Å². The number of anilines is 1. The van der Waals surface area contributed by atoms with Gasteiger partial charge in [0.05, 0.1) is 30.6 Å². The van der Waals surface area contributed by atoms with E-state index in [1.54, 1.807) is 0 Å². The number of benzene rings is 1. The molecule has 6 atom stereocenters. The lowest BCUT2D eigenvalue weighted by Gasteiger charge is -2.53. The van der Waals surface area contributed by atoms with Crippen LogP contribution in [0, 0.1) is 11.8 Å². The van der Waals surface area contributed by atoms with Crippen molar-refractivity contribution in [2.45, 2.75) is 43.1 Å². The smallest absolute Gasteiger partial charge is 0.229 e. The maximum Gasteiger partial charge on any atom is 0.229 e. The number of hydrogen-bond donors (Lipinski definition) is 1. The van der Waals surface area contributed by atoms with Crippen LogP contribution in [0.2, 0.25) is 0 Å². The Morgan fingerprint density at radius 1 is 1.21 bits per heavy atom. The average Bonchev–Trinajstić information content (AvgIpc) is 2.90. The van der Waals surface area contributed by atoms with Crippen molar-refractivity contribution in [1.82, 2.24) is 4.90 Å². The van der Waals surface area contributed by atoms with Gasteiger partial charge in [0.1, 0.15) is 12.0 Å². The molecule has 146 valence electrons. The monoisotopic (exact) mass is 380 g/mol. The lowest BCUT2D eigenvalue weighted by atomic mass is 9.55. The first-order valence-electron chi connectivity index (χ1n) is 10.2. The molecule has 28 heavy (non-hydrogen) atoms. The molecule has 4 bridgehead atoms. The van der Waals surface area contributed by atoms with E-state index in [1.807, 2.05) is 41.1 Å². The first-order valence-corrected chi connectivity index (χ1v) is 10.2. The lowest BCUT2D eigenvalue weighted by molar-refractivity contribution is -0.142. The Morgan fingerprint density at radius 3 is 2.89 bits per heavy atom. The van der Waals surface area contributed by atoms with Crippen molar-refractivity contribution in [1.29, 1.82) is 0 Å². The number of likely N-dealkylation sites (N-methyl/N-ethyl adjacent to an activating group) is 1. The Morgan fingerprint density at radius 2 is 2.04 bits per heavy atom. The fourth-order valence-corrected chi connectivity index (χ4v) is 6.64. The molecule has 6 unspecified atom stereocenters. The second-order valence-electron chi connectivity index (χ2n) is 8.96. The van der Waals surface area contributed by atoms with Crippen LogP contribution in [0.3, 0.4) is 0 Å². The maximum atomic E-state index is 13.8. The van der Waals surface area contributed by atoms with Gasteiger partial charge in [0.25, 0.3) is 0 Å². The minimum Gasteiger partial charge on any atom is -0.378 e. The highest BCUT2D eigenvalue weighted by Crippen LogP contribution is 2.60. The second-order valence-corrected chi connectivity index (χ2v) is 8.96. The third kappa shape index (κ3) is 1.88. The van der Waals surface area contributed by atoms with Crippen LogP contribution >= 0.6 is 0 Å². The van der Waals surface area contributed by atoms with Crippen LogP contribution in [0.5, 0.6) is 0 Å². The van der Waals surface area contributed by atoms with Crippen LogP contribution in [0.25, 0.3) is 0 Å². The van der Waals surface area contributed by atoms with Gasteiger partial charge in [-0.25, -0.2) is 0 Å². The molecular weight excluding hydrogens is 356 g/mol. The van der Waals surface area contributed by atoms with E-state index in [0.29, 0.717) is 32.4 Å². The summed E-state index contributed by atoms with van der Waals surface area (Å²) in [6, 6.07) is 7.52. The summed E-state index contributed by atoms with van der Waals surface area (Å²) >= 11 is 0. The van der Waals surface area contributed by atoms with Crippen molar-refractivity contribution in [3.8, 4) is 0 Å². The molecule has 4 fully saturated rings. The molecule has 1 aliphatic carbocycles. The Kier molecular flexibility index (Phi) is 3.33. The highest BCUT2D eigenvalue weighted by molar-refractivity contribution is 6.06. The number of rotatable bonds is 0. The summed E-state index contributed by atoms with van der Waals surface area (Å²) in [5.41, 5.74) is 2.06. The van der Waals surface area contributed by atoms with Gasteiger partial charge in [-0.3, -0.25) is 14.5 Å². The first kappa shape index (κ1) is 16.9. The molecule has 6 nitrogen and oxygen atoms in total. The number of ether oxygens (including phenoxy) is 1. The number of carbonyl (C=O) groups is 2. The largest absolute Gasteiger partial charge is 0.378 e. The highest BCUT2D eigenvalue weighted by atomic mass is 16.5. The Balaban J connectivity index is 1.67. The zero-order chi connectivity index (χ0) is 19.2. The van der Waals surface area contributed by atoms with Gasteiger partial charge in [-0.15, -0.1) is 0 Å². The molecule has 0 aromatic heterocycles. The number of Topliss-reactive ketones (excluding diaryl/α,β-unsaturated/α-hetero) is 1. The number of para-hydroxylation sites is 1. The number of amides is 1. The number of hydrogen-bond acceptors (Lipinski definition) is 5. The Bertz CT molecular complexity index is 927. The number of aliphatic hydroxyl groups is 1. The molecule has 1 N–H and O–H groups in total. The van der Waals surface area contributed by atoms with Crippen LogP contribution in [0.4, 0.5) is 5.69 Å². The molecule has 1 spiro atoms. The Labute approximate surface area is 163 Å². The van der Waals surface area contributed by atoms with E-state index in [2.05, 4.69) is 6.08 Å². The van der Waals surface area contributed by atoms with Crippen LogP contribution in [0.15, 0.2) is 35.9 Å². The van der Waals surface area contributed by atoms with Crippen molar-refractivity contribution in [2.24, 2.45) is 11.8 Å². The molecule has 1 aromatic carbocycles. The highest BCUT2D eigenvalue weighted by Gasteiger charge is 2.68. The predicted molar refractivity (Wildman–Crippen MR) is 102 cm³/mol. The molecule has 7 rings (SSSR count). The van der Waals surface area contributed by atoms with Crippen molar-refractivity contribution in [2.75, 3.05) is 25.1 Å². The third-order valence-corrected chi connectivity index (χ3v) is 7.81. The predicted octanol–water partition coefficient (Wildman–Crippen LogP) is 1.23. The number of ketones is 1. The number of fused-ring (bicyclic) bond motifs is 6. The van der Waals surface area contributed by atoms with Gasteiger partial charge in [-0.2, -0.15) is 0 Å². The van der Waals surface area contributed by atoms with E-state index < -0.39 is 11.6 Å². The molecule has 5 heterocycles. The number of nitrogens with zero attached hydrogens (tertiary/aromatic N) is 2. The molecule has 1 aromatic rings. The molecule has 6 heteroatoms. The topological polar surface area (TPSA) is 70.1 Å². The third-order valence-electron chi connectivity index (χ3n) is 7.81. The van der Waals surface area contributed by atoms with Gasteiger partial charge in [-0.05, 0) is 24.6 Å². The van der Waals surface area contributed by atoms with Crippen molar-refractivity contribution < 1.29 is 19.4 Å². The zero-order valence-electron chi connectivity index (χ0n) is 15.9. The van der Waals surface area contributed by atoms with Gasteiger partial charge in [-0.1, -0.05) is 29.8 Å². The second kappa shape index (κ2) is 5.53. The summed E-state index contributed by atoms with van der Waals surface area (Å²) in [5, 5.41) is 11.1. The van der Waals surface area contributed by atoms with Crippen molar-refractivity contribution in [3.63, 3.8) is 0 Å². The first-order chi connectivity index (χ1) is 13.5. The lowest BCUT2D eigenvalue weighted by Crippen LogP contribution is -2.66. The summed E-state index contributed by atoms with van der Waals surface area (Å²) < 4.78 is 6.16. The minimum atomic E-state index is -0.858. The molecular formula is C22H24N2O4. The van der Waals surface area contributed by atoms with E-state index in [-0.39, 0.29) is 35.7 Å². The van der Waals surface area contributed by atoms with Gasteiger partial charge < -0.3 is 14.7 Å². The normalized spacial score (nSPS) is 41.7. The summed E-state index contributed by atoms with van der Waals surface area (Å²) in [7, 11) is 1.91. The standard InChI is InChI=1S/C22H24N2O4/c1-23-11-12-6-7-28-16-9-18(26)24-15-5-3-2-4-14(15)22(10-19(23)27)17(25)8-13(12)20(16)21(22)24/h2-6,13,16,19-21,27H,7-11H2,1H3. The molecule has 5 aliphatic heterocycles.